The predicted octanol–water partition coefficient (Wildman–Crippen LogP) is 7.13. The molecule has 0 amide bonds. The minimum atomic E-state index is 0.475. The second kappa shape index (κ2) is 5.61. The standard InChI is InChI=1S/C25H36/c1-23-15-8-17-25(23,20-10-4-3-5-11-20)22-13-12-19-9-6-7-16-24(19,2)21(22)14-18-23/h3-5,10-11,19,21-22H,6-9,12-18H2,1-2H3/t19-,21+,22-,23+,24+,25-/m1/s1. The Labute approximate surface area is 154 Å². The van der Waals surface area contributed by atoms with E-state index in [1.165, 1.54) is 70.6 Å². The molecule has 25 heavy (non-hydrogen) atoms. The van der Waals surface area contributed by atoms with Gasteiger partial charge in [0.2, 0.25) is 0 Å². The zero-order valence-electron chi connectivity index (χ0n) is 16.4. The molecule has 6 atom stereocenters. The first-order chi connectivity index (χ1) is 12.1. The van der Waals surface area contributed by atoms with Crippen LogP contribution in [0.25, 0.3) is 0 Å². The molecule has 1 aromatic rings. The maximum Gasteiger partial charge on any atom is 0.00378 e. The van der Waals surface area contributed by atoms with Crippen molar-refractivity contribution in [1.29, 1.82) is 0 Å². The molecule has 0 spiro atoms. The van der Waals surface area contributed by atoms with Crippen LogP contribution in [0, 0.1) is 28.6 Å². The maximum absolute atomic E-state index is 2.71. The smallest absolute Gasteiger partial charge is 0.00378 e. The second-order valence-electron chi connectivity index (χ2n) is 10.5. The average molecular weight is 337 g/mol. The monoisotopic (exact) mass is 336 g/mol. The molecule has 0 heterocycles. The first-order valence-corrected chi connectivity index (χ1v) is 11.2. The van der Waals surface area contributed by atoms with Crippen LogP contribution in [0.15, 0.2) is 30.3 Å². The average Bonchev–Trinajstić information content (AvgIpc) is 3.00. The molecule has 4 aliphatic rings. The summed E-state index contributed by atoms with van der Waals surface area (Å²) in [7, 11) is 0. The molecule has 0 aliphatic heterocycles. The summed E-state index contributed by atoms with van der Waals surface area (Å²) in [6.07, 6.45) is 16.4. The summed E-state index contributed by atoms with van der Waals surface area (Å²) in [5, 5.41) is 0. The Hall–Kier alpha value is -0.780. The molecule has 4 aliphatic carbocycles. The van der Waals surface area contributed by atoms with Crippen LogP contribution in [0.4, 0.5) is 0 Å². The Morgan fingerprint density at radius 2 is 1.56 bits per heavy atom. The fraction of sp³-hybridized carbons (Fsp3) is 0.760. The van der Waals surface area contributed by atoms with Gasteiger partial charge in [0.1, 0.15) is 0 Å². The molecular formula is C25H36. The van der Waals surface area contributed by atoms with Crippen molar-refractivity contribution < 1.29 is 0 Å². The van der Waals surface area contributed by atoms with E-state index in [9.17, 15) is 0 Å². The van der Waals surface area contributed by atoms with E-state index in [1.807, 2.05) is 0 Å². The van der Waals surface area contributed by atoms with Gasteiger partial charge in [-0.25, -0.2) is 0 Å². The molecule has 0 saturated heterocycles. The third kappa shape index (κ3) is 2.06. The van der Waals surface area contributed by atoms with E-state index in [4.69, 9.17) is 0 Å². The van der Waals surface area contributed by atoms with Gasteiger partial charge in [-0.3, -0.25) is 0 Å². The fourth-order valence-corrected chi connectivity index (χ4v) is 8.73. The summed E-state index contributed by atoms with van der Waals surface area (Å²) in [5.74, 6) is 2.95. The highest BCUT2D eigenvalue weighted by Crippen LogP contribution is 2.71. The lowest BCUT2D eigenvalue weighted by molar-refractivity contribution is -0.118. The van der Waals surface area contributed by atoms with E-state index in [0.29, 0.717) is 16.2 Å². The number of hydrogen-bond donors (Lipinski definition) is 0. The van der Waals surface area contributed by atoms with Crippen molar-refractivity contribution >= 4 is 0 Å². The van der Waals surface area contributed by atoms with Gasteiger partial charge in [-0.2, -0.15) is 0 Å². The van der Waals surface area contributed by atoms with E-state index in [2.05, 4.69) is 44.2 Å². The van der Waals surface area contributed by atoms with Crippen molar-refractivity contribution in [2.75, 3.05) is 0 Å². The van der Waals surface area contributed by atoms with Gasteiger partial charge in [0, 0.05) is 5.41 Å². The van der Waals surface area contributed by atoms with Crippen LogP contribution in [0.3, 0.4) is 0 Å². The minimum Gasteiger partial charge on any atom is -0.0622 e. The summed E-state index contributed by atoms with van der Waals surface area (Å²) in [6, 6.07) is 11.8. The summed E-state index contributed by atoms with van der Waals surface area (Å²) >= 11 is 0. The van der Waals surface area contributed by atoms with Gasteiger partial charge in [0.25, 0.3) is 0 Å². The van der Waals surface area contributed by atoms with Gasteiger partial charge in [-0.05, 0) is 85.5 Å². The highest BCUT2D eigenvalue weighted by atomic mass is 14.7. The van der Waals surface area contributed by atoms with E-state index >= 15 is 0 Å². The van der Waals surface area contributed by atoms with Crippen molar-refractivity contribution in [3.05, 3.63) is 35.9 Å². The Morgan fingerprint density at radius 3 is 2.40 bits per heavy atom. The SMILES string of the molecule is C[C@]12CCCC[C@@H]1CC[C@@H]1[C@@H]2CC[C@]2(C)CCC[C@@]12c1ccccc1. The molecule has 0 aromatic heterocycles. The Kier molecular flexibility index (Phi) is 3.68. The fourth-order valence-electron chi connectivity index (χ4n) is 8.73. The third-order valence-corrected chi connectivity index (χ3v) is 9.92. The Bertz CT molecular complexity index is 633. The number of hydrogen-bond acceptors (Lipinski definition) is 0. The number of fused-ring (bicyclic) bond motifs is 5. The van der Waals surface area contributed by atoms with Crippen molar-refractivity contribution in [2.24, 2.45) is 28.6 Å². The quantitative estimate of drug-likeness (QED) is 0.511. The summed E-state index contributed by atoms with van der Waals surface area (Å²) < 4.78 is 0. The van der Waals surface area contributed by atoms with Crippen LogP contribution < -0.4 is 0 Å². The topological polar surface area (TPSA) is 0 Å². The van der Waals surface area contributed by atoms with Crippen molar-refractivity contribution in [3.63, 3.8) is 0 Å². The van der Waals surface area contributed by atoms with E-state index < -0.39 is 0 Å². The first-order valence-electron chi connectivity index (χ1n) is 11.2. The zero-order chi connectivity index (χ0) is 17.1. The lowest BCUT2D eigenvalue weighted by Crippen LogP contribution is -2.59. The number of benzene rings is 1. The molecule has 0 radical (unpaired) electrons. The van der Waals surface area contributed by atoms with Gasteiger partial charge in [-0.1, -0.05) is 63.4 Å². The van der Waals surface area contributed by atoms with Crippen molar-refractivity contribution in [3.8, 4) is 0 Å². The van der Waals surface area contributed by atoms with Crippen LogP contribution in [0.2, 0.25) is 0 Å². The molecule has 5 rings (SSSR count). The maximum atomic E-state index is 2.71. The molecule has 136 valence electrons. The molecule has 1 aromatic carbocycles. The molecule has 0 nitrogen and oxygen atoms in total. The summed E-state index contributed by atoms with van der Waals surface area (Å²) in [6.45, 7) is 5.38. The number of rotatable bonds is 1. The molecular weight excluding hydrogens is 300 g/mol. The highest BCUT2D eigenvalue weighted by molar-refractivity contribution is 5.34. The lowest BCUT2D eigenvalue weighted by Gasteiger charge is -2.64. The van der Waals surface area contributed by atoms with Crippen LogP contribution in [0.5, 0.6) is 0 Å². The van der Waals surface area contributed by atoms with Gasteiger partial charge >= 0.3 is 0 Å². The molecule has 0 unspecified atom stereocenters. The van der Waals surface area contributed by atoms with Crippen molar-refractivity contribution in [1.82, 2.24) is 0 Å². The second-order valence-corrected chi connectivity index (χ2v) is 10.5. The van der Waals surface area contributed by atoms with Crippen LogP contribution in [-0.2, 0) is 5.41 Å². The normalized spacial score (nSPS) is 49.1. The van der Waals surface area contributed by atoms with E-state index in [-0.39, 0.29) is 0 Å². The minimum absolute atomic E-state index is 0.475. The van der Waals surface area contributed by atoms with Crippen LogP contribution in [-0.4, -0.2) is 0 Å². The molecule has 0 heteroatoms. The largest absolute Gasteiger partial charge is 0.0622 e. The highest BCUT2D eigenvalue weighted by Gasteiger charge is 2.64. The van der Waals surface area contributed by atoms with Gasteiger partial charge in [-0.15, -0.1) is 0 Å². The first kappa shape index (κ1) is 16.4. The molecule has 0 bridgehead atoms. The van der Waals surface area contributed by atoms with Crippen molar-refractivity contribution in [2.45, 2.75) is 89.9 Å². The van der Waals surface area contributed by atoms with Gasteiger partial charge < -0.3 is 0 Å². The third-order valence-electron chi connectivity index (χ3n) is 9.92. The van der Waals surface area contributed by atoms with Gasteiger partial charge in [0.15, 0.2) is 0 Å². The zero-order valence-corrected chi connectivity index (χ0v) is 16.4. The van der Waals surface area contributed by atoms with Gasteiger partial charge in [0.05, 0.1) is 0 Å². The van der Waals surface area contributed by atoms with Crippen LogP contribution >= 0.6 is 0 Å². The summed E-state index contributed by atoms with van der Waals surface area (Å²) in [4.78, 5) is 0. The van der Waals surface area contributed by atoms with E-state index in [1.54, 1.807) is 5.56 Å². The predicted molar refractivity (Wildman–Crippen MR) is 106 cm³/mol. The molecule has 4 saturated carbocycles. The van der Waals surface area contributed by atoms with Crippen LogP contribution in [0.1, 0.15) is 90.0 Å². The molecule has 0 N–H and O–H groups in total. The Morgan fingerprint density at radius 1 is 0.720 bits per heavy atom. The lowest BCUT2D eigenvalue weighted by atomic mass is 9.40. The summed E-state index contributed by atoms with van der Waals surface area (Å²) in [5.41, 5.74) is 3.37. The van der Waals surface area contributed by atoms with E-state index in [0.717, 1.165) is 17.8 Å². The Balaban J connectivity index is 1.63. The molecule has 4 fully saturated rings.